The molecule has 1 saturated heterocycles. The van der Waals surface area contributed by atoms with Crippen LogP contribution in [0, 0.1) is 5.82 Å². The fourth-order valence-corrected chi connectivity index (χ4v) is 3.60. The summed E-state index contributed by atoms with van der Waals surface area (Å²) in [5, 5.41) is 0.173. The van der Waals surface area contributed by atoms with E-state index in [9.17, 15) is 14.0 Å². The monoisotopic (exact) mass is 375 g/mol. The minimum absolute atomic E-state index is 0.154. The Morgan fingerprint density at radius 3 is 2.77 bits per heavy atom. The molecule has 0 N–H and O–H groups in total. The van der Waals surface area contributed by atoms with Crippen LogP contribution < -0.4 is 5.76 Å². The van der Waals surface area contributed by atoms with Gasteiger partial charge in [0.05, 0.1) is 11.1 Å². The van der Waals surface area contributed by atoms with E-state index in [1.807, 2.05) is 0 Å². The topological polar surface area (TPSA) is 68.3 Å². The van der Waals surface area contributed by atoms with Crippen LogP contribution in [0.15, 0.2) is 45.7 Å². The maximum Gasteiger partial charge on any atom is 0.420 e. The fraction of sp³-hybridized carbons (Fsp3) is 0.278. The number of amides is 1. The van der Waals surface area contributed by atoms with E-state index in [4.69, 9.17) is 16.0 Å². The average Bonchev–Trinajstić information content (AvgIpc) is 2.97. The molecule has 26 heavy (non-hydrogen) atoms. The van der Waals surface area contributed by atoms with E-state index in [-0.39, 0.29) is 17.1 Å². The number of benzene rings is 1. The van der Waals surface area contributed by atoms with Crippen molar-refractivity contribution in [1.82, 2.24) is 14.5 Å². The molecule has 6 nitrogen and oxygen atoms in total. The lowest BCUT2D eigenvalue weighted by Crippen LogP contribution is -2.40. The summed E-state index contributed by atoms with van der Waals surface area (Å²) in [6, 6.07) is 7.16. The standard InChI is InChI=1S/C18H15ClFN3O3/c19-16-13(2-1-7-21-16)17(24)22-8-5-12(6-9-22)23-14-10-11(20)3-4-15(14)26-18(23)25/h1-4,7,10,12H,5-6,8-9H2. The molecule has 134 valence electrons. The van der Waals surface area contributed by atoms with Crippen LogP contribution in [0.4, 0.5) is 4.39 Å². The first-order valence-corrected chi connectivity index (χ1v) is 8.63. The quantitative estimate of drug-likeness (QED) is 0.645. The van der Waals surface area contributed by atoms with Gasteiger partial charge in [0.1, 0.15) is 11.0 Å². The molecule has 0 atom stereocenters. The van der Waals surface area contributed by atoms with Crippen LogP contribution in [-0.4, -0.2) is 33.4 Å². The van der Waals surface area contributed by atoms with Crippen molar-refractivity contribution in [3.8, 4) is 0 Å². The van der Waals surface area contributed by atoms with E-state index in [1.165, 1.54) is 29.0 Å². The fourth-order valence-electron chi connectivity index (χ4n) is 3.40. The highest BCUT2D eigenvalue weighted by atomic mass is 35.5. The Bertz CT molecular complexity index is 1040. The molecule has 3 heterocycles. The Hall–Kier alpha value is -2.67. The van der Waals surface area contributed by atoms with Gasteiger partial charge in [0, 0.05) is 31.4 Å². The van der Waals surface area contributed by atoms with Gasteiger partial charge in [0.25, 0.3) is 5.91 Å². The molecule has 0 radical (unpaired) electrons. The summed E-state index contributed by atoms with van der Waals surface area (Å²) in [6.45, 7) is 0.923. The zero-order chi connectivity index (χ0) is 18.3. The van der Waals surface area contributed by atoms with Gasteiger partial charge in [-0.2, -0.15) is 0 Å². The summed E-state index contributed by atoms with van der Waals surface area (Å²) in [5.41, 5.74) is 1.16. The molecule has 0 spiro atoms. The Balaban J connectivity index is 1.55. The number of aromatic nitrogens is 2. The molecule has 0 aliphatic carbocycles. The number of carbonyl (C=O) groups is 1. The second kappa shape index (κ2) is 6.57. The number of rotatable bonds is 2. The van der Waals surface area contributed by atoms with Crippen molar-refractivity contribution >= 4 is 28.6 Å². The van der Waals surface area contributed by atoms with Crippen molar-refractivity contribution in [3.63, 3.8) is 0 Å². The molecular weight excluding hydrogens is 361 g/mol. The van der Waals surface area contributed by atoms with Crippen molar-refractivity contribution in [3.05, 3.63) is 63.6 Å². The Morgan fingerprint density at radius 1 is 1.27 bits per heavy atom. The van der Waals surface area contributed by atoms with Crippen molar-refractivity contribution in [2.75, 3.05) is 13.1 Å². The smallest absolute Gasteiger partial charge is 0.408 e. The van der Waals surface area contributed by atoms with Gasteiger partial charge in [-0.05, 0) is 37.1 Å². The maximum absolute atomic E-state index is 13.6. The number of hydrogen-bond donors (Lipinski definition) is 0. The molecule has 1 fully saturated rings. The second-order valence-corrected chi connectivity index (χ2v) is 6.57. The van der Waals surface area contributed by atoms with Crippen LogP contribution in [-0.2, 0) is 0 Å². The molecule has 2 aromatic heterocycles. The average molecular weight is 376 g/mol. The predicted octanol–water partition coefficient (Wildman–Crippen LogP) is 3.26. The molecule has 1 amide bonds. The molecule has 0 bridgehead atoms. The molecule has 1 aliphatic heterocycles. The largest absolute Gasteiger partial charge is 0.420 e. The SMILES string of the molecule is O=C(c1cccnc1Cl)N1CCC(n2c(=O)oc3ccc(F)cc32)CC1. The van der Waals surface area contributed by atoms with Crippen LogP contribution in [0.25, 0.3) is 11.1 Å². The summed E-state index contributed by atoms with van der Waals surface area (Å²) < 4.78 is 20.2. The lowest BCUT2D eigenvalue weighted by molar-refractivity contribution is 0.0693. The van der Waals surface area contributed by atoms with Crippen molar-refractivity contribution in [2.45, 2.75) is 18.9 Å². The van der Waals surface area contributed by atoms with E-state index in [0.29, 0.717) is 42.6 Å². The molecule has 0 unspecified atom stereocenters. The summed E-state index contributed by atoms with van der Waals surface area (Å²) >= 11 is 6.00. The summed E-state index contributed by atoms with van der Waals surface area (Å²) in [7, 11) is 0. The van der Waals surface area contributed by atoms with Gasteiger partial charge in [0.15, 0.2) is 5.58 Å². The Labute approximate surface area is 152 Å². The lowest BCUT2D eigenvalue weighted by atomic mass is 10.0. The second-order valence-electron chi connectivity index (χ2n) is 6.22. The van der Waals surface area contributed by atoms with Crippen LogP contribution in [0.5, 0.6) is 0 Å². The van der Waals surface area contributed by atoms with Gasteiger partial charge in [-0.1, -0.05) is 11.6 Å². The van der Waals surface area contributed by atoms with Crippen molar-refractivity contribution < 1.29 is 13.6 Å². The number of halogens is 2. The van der Waals surface area contributed by atoms with Crippen LogP contribution in [0.3, 0.4) is 0 Å². The van der Waals surface area contributed by atoms with Crippen LogP contribution in [0.2, 0.25) is 5.15 Å². The molecule has 1 aromatic carbocycles. The highest BCUT2D eigenvalue weighted by Crippen LogP contribution is 2.27. The molecule has 1 aliphatic rings. The first-order valence-electron chi connectivity index (χ1n) is 8.25. The third-order valence-electron chi connectivity index (χ3n) is 4.68. The van der Waals surface area contributed by atoms with E-state index >= 15 is 0 Å². The van der Waals surface area contributed by atoms with E-state index < -0.39 is 11.6 Å². The number of hydrogen-bond acceptors (Lipinski definition) is 4. The van der Waals surface area contributed by atoms with Gasteiger partial charge >= 0.3 is 5.76 Å². The number of pyridine rings is 1. The Kier molecular flexibility index (Phi) is 4.24. The third-order valence-corrected chi connectivity index (χ3v) is 4.98. The number of carbonyl (C=O) groups excluding carboxylic acids is 1. The normalized spacial score (nSPS) is 15.5. The zero-order valence-electron chi connectivity index (χ0n) is 13.7. The highest BCUT2D eigenvalue weighted by molar-refractivity contribution is 6.32. The highest BCUT2D eigenvalue weighted by Gasteiger charge is 2.28. The summed E-state index contributed by atoms with van der Waals surface area (Å²) in [4.78, 5) is 30.4. The van der Waals surface area contributed by atoms with Crippen molar-refractivity contribution in [2.24, 2.45) is 0 Å². The van der Waals surface area contributed by atoms with Gasteiger partial charge in [-0.15, -0.1) is 0 Å². The molecular formula is C18H15ClFN3O3. The van der Waals surface area contributed by atoms with Crippen LogP contribution >= 0.6 is 11.6 Å². The predicted molar refractivity (Wildman–Crippen MR) is 93.9 cm³/mol. The van der Waals surface area contributed by atoms with Crippen LogP contribution in [0.1, 0.15) is 29.2 Å². The van der Waals surface area contributed by atoms with Crippen molar-refractivity contribution in [1.29, 1.82) is 0 Å². The van der Waals surface area contributed by atoms with Gasteiger partial charge in [-0.25, -0.2) is 14.2 Å². The molecule has 0 saturated carbocycles. The first-order chi connectivity index (χ1) is 12.5. The summed E-state index contributed by atoms with van der Waals surface area (Å²) in [6.07, 6.45) is 2.66. The van der Waals surface area contributed by atoms with E-state index in [2.05, 4.69) is 4.98 Å². The molecule has 8 heteroatoms. The van der Waals surface area contributed by atoms with Gasteiger partial charge in [0.2, 0.25) is 0 Å². The van der Waals surface area contributed by atoms with E-state index in [1.54, 1.807) is 17.0 Å². The third kappa shape index (κ3) is 2.88. The number of fused-ring (bicyclic) bond motifs is 1. The number of likely N-dealkylation sites (tertiary alicyclic amines) is 1. The van der Waals surface area contributed by atoms with Gasteiger partial charge < -0.3 is 9.32 Å². The minimum Gasteiger partial charge on any atom is -0.408 e. The molecule has 4 rings (SSSR count). The Morgan fingerprint density at radius 2 is 2.04 bits per heavy atom. The first kappa shape index (κ1) is 16.8. The lowest BCUT2D eigenvalue weighted by Gasteiger charge is -2.32. The zero-order valence-corrected chi connectivity index (χ0v) is 14.4. The van der Waals surface area contributed by atoms with Gasteiger partial charge in [-0.3, -0.25) is 9.36 Å². The van der Waals surface area contributed by atoms with E-state index in [0.717, 1.165) is 0 Å². The number of piperidine rings is 1. The minimum atomic E-state index is -0.509. The number of oxazole rings is 1. The summed E-state index contributed by atoms with van der Waals surface area (Å²) in [5.74, 6) is -1.12. The number of nitrogens with zero attached hydrogens (tertiary/aromatic N) is 3. The maximum atomic E-state index is 13.6. The molecule has 3 aromatic rings.